The molecule has 0 bridgehead atoms. The van der Waals surface area contributed by atoms with Gasteiger partial charge in [0.2, 0.25) is 0 Å². The first-order valence-electron chi connectivity index (χ1n) is 8.21. The van der Waals surface area contributed by atoms with Crippen LogP contribution in [0.4, 0.5) is 17.2 Å². The Morgan fingerprint density at radius 1 is 1.07 bits per heavy atom. The van der Waals surface area contributed by atoms with E-state index in [1.165, 1.54) is 24.3 Å². The fourth-order valence-electron chi connectivity index (χ4n) is 2.52. The highest BCUT2D eigenvalue weighted by Gasteiger charge is 2.20. The van der Waals surface area contributed by atoms with Gasteiger partial charge in [0.25, 0.3) is 11.4 Å². The third-order valence-electron chi connectivity index (χ3n) is 3.91. The maximum Gasteiger partial charge on any atom is 0.295 e. The van der Waals surface area contributed by atoms with Crippen LogP contribution < -0.4 is 5.32 Å². The number of hydrogen-bond acceptors (Lipinski definition) is 7. The van der Waals surface area contributed by atoms with E-state index in [1.807, 2.05) is 0 Å². The molecule has 0 atom stereocenters. The smallest absolute Gasteiger partial charge is 0.295 e. The van der Waals surface area contributed by atoms with Gasteiger partial charge in [-0.15, -0.1) is 0 Å². The van der Waals surface area contributed by atoms with Gasteiger partial charge < -0.3 is 5.32 Å². The summed E-state index contributed by atoms with van der Waals surface area (Å²) in [7, 11) is 0. The molecule has 0 unspecified atom stereocenters. The van der Waals surface area contributed by atoms with Crippen molar-refractivity contribution < 1.29 is 9.85 Å². The van der Waals surface area contributed by atoms with Crippen molar-refractivity contribution in [2.45, 2.75) is 6.42 Å². The van der Waals surface area contributed by atoms with Crippen molar-refractivity contribution in [3.63, 3.8) is 0 Å². The second kappa shape index (κ2) is 8.80. The third kappa shape index (κ3) is 4.95. The van der Waals surface area contributed by atoms with Crippen molar-refractivity contribution in [2.24, 2.45) is 0 Å². The molecule has 0 amide bonds. The topological polar surface area (TPSA) is 124 Å². The number of nitrogens with zero attached hydrogens (tertiary/aromatic N) is 4. The average molecular weight is 433 g/mol. The predicted octanol–water partition coefficient (Wildman–Crippen LogP) is 4.72. The Bertz CT molecular complexity index is 1080. The van der Waals surface area contributed by atoms with Crippen LogP contribution in [0.5, 0.6) is 0 Å². The minimum atomic E-state index is -0.537. The summed E-state index contributed by atoms with van der Waals surface area (Å²) in [6.07, 6.45) is 4.31. The first kappa shape index (κ1) is 20.4. The van der Waals surface area contributed by atoms with E-state index in [-0.39, 0.29) is 22.1 Å². The van der Waals surface area contributed by atoms with Gasteiger partial charge in [-0.3, -0.25) is 20.2 Å². The highest BCUT2D eigenvalue weighted by Crippen LogP contribution is 2.34. The first-order chi connectivity index (χ1) is 13.8. The number of halogens is 2. The number of nitrogens with one attached hydrogen (secondary N) is 1. The molecular formula is C18H12Cl2N5O4. The number of rotatable bonds is 7. The minimum Gasteiger partial charge on any atom is -0.370 e. The summed E-state index contributed by atoms with van der Waals surface area (Å²) in [6, 6.07) is 8.82. The van der Waals surface area contributed by atoms with E-state index in [4.69, 9.17) is 23.2 Å². The van der Waals surface area contributed by atoms with E-state index < -0.39 is 9.85 Å². The van der Waals surface area contributed by atoms with E-state index >= 15 is 0 Å². The SMILES string of the molecule is O=[N+]([O-])c1ccc(NCCc2[c]nc(-c3ccc(Cl)cc3Cl)c([N+](=O)[O-])c2)nc1. The number of aromatic nitrogens is 2. The summed E-state index contributed by atoms with van der Waals surface area (Å²) >= 11 is 12.0. The molecule has 0 spiro atoms. The molecule has 11 heteroatoms. The molecular weight excluding hydrogens is 421 g/mol. The van der Waals surface area contributed by atoms with Crippen LogP contribution in [0, 0.1) is 26.4 Å². The monoisotopic (exact) mass is 432 g/mol. The van der Waals surface area contributed by atoms with E-state index in [1.54, 1.807) is 12.1 Å². The molecule has 0 saturated carbocycles. The highest BCUT2D eigenvalue weighted by molar-refractivity contribution is 6.36. The normalized spacial score (nSPS) is 10.6. The molecule has 0 aliphatic heterocycles. The predicted molar refractivity (Wildman–Crippen MR) is 108 cm³/mol. The van der Waals surface area contributed by atoms with Gasteiger partial charge >= 0.3 is 0 Å². The standard InChI is InChI=1S/C18H12Cl2N5O4/c19-12-1-3-14(15(20)8-12)18-16(25(28)29)7-11(9-23-18)5-6-21-17-4-2-13(10-22-17)24(26)27/h1-4,7-8,10H,5-6H2,(H,21,22). The van der Waals surface area contributed by atoms with Gasteiger partial charge in [-0.1, -0.05) is 23.2 Å². The molecule has 2 aromatic heterocycles. The molecule has 2 heterocycles. The molecule has 0 saturated heterocycles. The van der Waals surface area contributed by atoms with Crippen LogP contribution >= 0.6 is 23.2 Å². The quantitative estimate of drug-likeness (QED) is 0.422. The Kier molecular flexibility index (Phi) is 6.20. The Morgan fingerprint density at radius 2 is 1.86 bits per heavy atom. The summed E-state index contributed by atoms with van der Waals surface area (Å²) in [5.41, 5.74) is 0.695. The maximum atomic E-state index is 11.5. The van der Waals surface area contributed by atoms with Crippen LogP contribution in [0.2, 0.25) is 10.0 Å². The molecule has 147 valence electrons. The number of benzene rings is 1. The van der Waals surface area contributed by atoms with Crippen LogP contribution in [0.15, 0.2) is 42.6 Å². The van der Waals surface area contributed by atoms with Crippen molar-refractivity contribution >= 4 is 40.4 Å². The fraction of sp³-hybridized carbons (Fsp3) is 0.111. The lowest BCUT2D eigenvalue weighted by atomic mass is 10.1. The number of hydrogen-bond donors (Lipinski definition) is 1. The minimum absolute atomic E-state index is 0.102. The van der Waals surface area contributed by atoms with Gasteiger partial charge in [-0.25, -0.2) is 9.97 Å². The molecule has 3 aromatic rings. The van der Waals surface area contributed by atoms with Crippen LogP contribution in [-0.4, -0.2) is 26.4 Å². The molecule has 1 aromatic carbocycles. The van der Waals surface area contributed by atoms with Crippen molar-refractivity contribution in [3.8, 4) is 11.3 Å². The molecule has 3 rings (SSSR count). The summed E-state index contributed by atoms with van der Waals surface area (Å²) in [5, 5.41) is 25.8. The molecule has 0 aliphatic rings. The highest BCUT2D eigenvalue weighted by atomic mass is 35.5. The zero-order valence-electron chi connectivity index (χ0n) is 14.6. The van der Waals surface area contributed by atoms with Gasteiger partial charge in [0.1, 0.15) is 17.7 Å². The van der Waals surface area contributed by atoms with Crippen molar-refractivity contribution in [1.29, 1.82) is 0 Å². The van der Waals surface area contributed by atoms with E-state index in [9.17, 15) is 20.2 Å². The van der Waals surface area contributed by atoms with Crippen LogP contribution in [-0.2, 0) is 6.42 Å². The Labute approximate surface area is 174 Å². The van der Waals surface area contributed by atoms with E-state index in [0.717, 1.165) is 6.20 Å². The fourth-order valence-corrected chi connectivity index (χ4v) is 3.02. The van der Waals surface area contributed by atoms with Crippen LogP contribution in [0.3, 0.4) is 0 Å². The van der Waals surface area contributed by atoms with E-state index in [0.29, 0.717) is 34.9 Å². The molecule has 0 aliphatic carbocycles. The molecule has 29 heavy (non-hydrogen) atoms. The lowest BCUT2D eigenvalue weighted by Gasteiger charge is -2.08. The van der Waals surface area contributed by atoms with Crippen LogP contribution in [0.25, 0.3) is 11.3 Å². The summed E-state index contributed by atoms with van der Waals surface area (Å²) < 4.78 is 0. The second-order valence-electron chi connectivity index (χ2n) is 5.84. The largest absolute Gasteiger partial charge is 0.370 e. The third-order valence-corrected chi connectivity index (χ3v) is 4.45. The van der Waals surface area contributed by atoms with Gasteiger partial charge in [-0.2, -0.15) is 0 Å². The van der Waals surface area contributed by atoms with Gasteiger partial charge in [0.15, 0.2) is 0 Å². The summed E-state index contributed by atoms with van der Waals surface area (Å²) in [4.78, 5) is 29.1. The first-order valence-corrected chi connectivity index (χ1v) is 8.96. The lowest BCUT2D eigenvalue weighted by Crippen LogP contribution is -2.07. The van der Waals surface area contributed by atoms with Gasteiger partial charge in [0, 0.05) is 29.3 Å². The average Bonchev–Trinajstić information content (AvgIpc) is 2.68. The molecule has 1 N–H and O–H groups in total. The number of anilines is 1. The van der Waals surface area contributed by atoms with Gasteiger partial charge in [-0.05, 0) is 36.2 Å². The summed E-state index contributed by atoms with van der Waals surface area (Å²) in [6.45, 7) is 0.376. The second-order valence-corrected chi connectivity index (χ2v) is 6.69. The van der Waals surface area contributed by atoms with Crippen LogP contribution in [0.1, 0.15) is 5.56 Å². The van der Waals surface area contributed by atoms with Gasteiger partial charge in [0.05, 0.1) is 21.1 Å². The van der Waals surface area contributed by atoms with E-state index in [2.05, 4.69) is 21.5 Å². The Balaban J connectivity index is 1.74. The zero-order valence-corrected chi connectivity index (χ0v) is 16.1. The number of pyridine rings is 2. The Hall–Kier alpha value is -3.30. The summed E-state index contributed by atoms with van der Waals surface area (Å²) in [5.74, 6) is 0.447. The molecule has 9 nitrogen and oxygen atoms in total. The number of nitro groups is 2. The Morgan fingerprint density at radius 3 is 2.48 bits per heavy atom. The van der Waals surface area contributed by atoms with Crippen molar-refractivity contribution in [2.75, 3.05) is 11.9 Å². The maximum absolute atomic E-state index is 11.5. The van der Waals surface area contributed by atoms with Crippen molar-refractivity contribution in [1.82, 2.24) is 9.97 Å². The molecule has 1 radical (unpaired) electrons. The molecule has 0 fully saturated rings. The lowest BCUT2D eigenvalue weighted by molar-refractivity contribution is -0.385. The zero-order chi connectivity index (χ0) is 21.0. The van der Waals surface area contributed by atoms with Crippen molar-refractivity contribution in [3.05, 3.63) is 84.6 Å².